The van der Waals surface area contributed by atoms with Crippen molar-refractivity contribution in [3.8, 4) is 0 Å². The summed E-state index contributed by atoms with van der Waals surface area (Å²) in [6, 6.07) is 13.2. The van der Waals surface area contributed by atoms with Crippen LogP contribution in [-0.4, -0.2) is 62.8 Å². The molecule has 0 aliphatic carbocycles. The maximum absolute atomic E-state index is 12.8. The first kappa shape index (κ1) is 18.4. The van der Waals surface area contributed by atoms with E-state index in [9.17, 15) is 9.59 Å². The molecule has 1 heterocycles. The number of ether oxygens (including phenoxy) is 2. The van der Waals surface area contributed by atoms with E-state index in [0.29, 0.717) is 25.2 Å². The summed E-state index contributed by atoms with van der Waals surface area (Å²) >= 11 is 0. The lowest BCUT2D eigenvalue weighted by Crippen LogP contribution is -2.51. The Morgan fingerprint density at radius 3 is 2.77 bits per heavy atom. The number of hydrogen-bond donors (Lipinski definition) is 1. The average molecular weight is 356 g/mol. The molecule has 2 atom stereocenters. The molecule has 1 aliphatic heterocycles. The predicted octanol–water partition coefficient (Wildman–Crippen LogP) is 1.83. The molecule has 2 aromatic rings. The van der Waals surface area contributed by atoms with Gasteiger partial charge in [0, 0.05) is 26.3 Å². The predicted molar refractivity (Wildman–Crippen MR) is 99.1 cm³/mol. The van der Waals surface area contributed by atoms with Crippen LogP contribution in [0.1, 0.15) is 16.8 Å². The highest BCUT2D eigenvalue weighted by Gasteiger charge is 2.29. The van der Waals surface area contributed by atoms with Gasteiger partial charge in [0.15, 0.2) is 0 Å². The number of hydrogen-bond acceptors (Lipinski definition) is 4. The van der Waals surface area contributed by atoms with E-state index in [1.54, 1.807) is 14.1 Å². The van der Waals surface area contributed by atoms with Gasteiger partial charge < -0.3 is 19.7 Å². The van der Waals surface area contributed by atoms with E-state index in [1.165, 1.54) is 4.90 Å². The quantitative estimate of drug-likeness (QED) is 0.888. The van der Waals surface area contributed by atoms with Crippen LogP contribution in [0.2, 0.25) is 0 Å². The van der Waals surface area contributed by atoms with Gasteiger partial charge in [-0.05, 0) is 23.3 Å². The normalized spacial score (nSPS) is 19.9. The summed E-state index contributed by atoms with van der Waals surface area (Å²) in [5.41, 5.74) is 0.622. The first-order chi connectivity index (χ1) is 12.6. The molecule has 0 aromatic heterocycles. The van der Waals surface area contributed by atoms with Gasteiger partial charge in [0.25, 0.3) is 5.91 Å². The lowest BCUT2D eigenvalue weighted by Gasteiger charge is -2.32. The van der Waals surface area contributed by atoms with E-state index >= 15 is 0 Å². The highest BCUT2D eigenvalue weighted by Crippen LogP contribution is 2.19. The molecule has 1 saturated heterocycles. The van der Waals surface area contributed by atoms with Crippen molar-refractivity contribution in [3.05, 3.63) is 48.0 Å². The van der Waals surface area contributed by atoms with Gasteiger partial charge in [0.2, 0.25) is 5.91 Å². The summed E-state index contributed by atoms with van der Waals surface area (Å²) in [6.07, 6.45) is 0.396. The topological polar surface area (TPSA) is 67.9 Å². The third kappa shape index (κ3) is 4.20. The zero-order chi connectivity index (χ0) is 18.5. The molecule has 0 radical (unpaired) electrons. The molecule has 1 N–H and O–H groups in total. The molecule has 0 spiro atoms. The molecule has 0 saturated carbocycles. The number of carbonyl (C=O) groups is 2. The Bertz CT molecular complexity index is 785. The average Bonchev–Trinajstić information content (AvgIpc) is 2.66. The van der Waals surface area contributed by atoms with Gasteiger partial charge in [0.1, 0.15) is 6.61 Å². The van der Waals surface area contributed by atoms with Crippen molar-refractivity contribution in [1.82, 2.24) is 10.2 Å². The summed E-state index contributed by atoms with van der Waals surface area (Å²) in [5.74, 6) is -0.263. The number of nitrogens with zero attached hydrogens (tertiary/aromatic N) is 1. The minimum atomic E-state index is -0.287. The minimum absolute atomic E-state index is 0.00168. The minimum Gasteiger partial charge on any atom is -0.379 e. The van der Waals surface area contributed by atoms with Crippen molar-refractivity contribution in [3.63, 3.8) is 0 Å². The highest BCUT2D eigenvalue weighted by molar-refractivity contribution is 6.07. The Hall–Kier alpha value is -2.44. The highest BCUT2D eigenvalue weighted by atomic mass is 16.5. The van der Waals surface area contributed by atoms with Crippen molar-refractivity contribution in [2.24, 2.45) is 0 Å². The Morgan fingerprint density at radius 1 is 1.19 bits per heavy atom. The summed E-state index contributed by atoms with van der Waals surface area (Å²) < 4.78 is 11.3. The van der Waals surface area contributed by atoms with Crippen LogP contribution in [0.5, 0.6) is 0 Å². The summed E-state index contributed by atoms with van der Waals surface area (Å²) in [5, 5.41) is 4.94. The van der Waals surface area contributed by atoms with Gasteiger partial charge in [-0.15, -0.1) is 0 Å². The molecule has 0 bridgehead atoms. The molecule has 2 amide bonds. The summed E-state index contributed by atoms with van der Waals surface area (Å²) in [6.45, 7) is 0.928. The smallest absolute Gasteiger partial charge is 0.252 e. The summed E-state index contributed by atoms with van der Waals surface area (Å²) in [4.78, 5) is 26.1. The second-order valence-corrected chi connectivity index (χ2v) is 6.61. The molecular weight excluding hydrogens is 332 g/mol. The van der Waals surface area contributed by atoms with Crippen molar-refractivity contribution in [2.75, 3.05) is 33.9 Å². The monoisotopic (exact) mass is 356 g/mol. The molecule has 6 nitrogen and oxygen atoms in total. The Balaban J connectivity index is 1.70. The largest absolute Gasteiger partial charge is 0.379 e. The lowest BCUT2D eigenvalue weighted by atomic mass is 10.0. The first-order valence-electron chi connectivity index (χ1n) is 8.74. The number of carbonyl (C=O) groups excluding carboxylic acids is 2. The number of fused-ring (bicyclic) bond motifs is 1. The number of rotatable bonds is 5. The van der Waals surface area contributed by atoms with Crippen LogP contribution in [0.25, 0.3) is 10.8 Å². The molecule has 2 aromatic carbocycles. The van der Waals surface area contributed by atoms with E-state index in [2.05, 4.69) is 5.32 Å². The van der Waals surface area contributed by atoms with Gasteiger partial charge >= 0.3 is 0 Å². The van der Waals surface area contributed by atoms with E-state index in [4.69, 9.17) is 9.47 Å². The SMILES string of the molecule is CN(C)C(=O)CO[C@@H]1CCOC[C@@H]1NC(=O)c1cccc2ccccc12. The zero-order valence-corrected chi connectivity index (χ0v) is 15.1. The van der Waals surface area contributed by atoms with Crippen molar-refractivity contribution in [1.29, 1.82) is 0 Å². The molecule has 26 heavy (non-hydrogen) atoms. The maximum Gasteiger partial charge on any atom is 0.252 e. The fraction of sp³-hybridized carbons (Fsp3) is 0.400. The number of likely N-dealkylation sites (N-methyl/N-ethyl adjacent to an activating group) is 1. The number of amides is 2. The van der Waals surface area contributed by atoms with Crippen LogP contribution in [0, 0.1) is 0 Å². The fourth-order valence-electron chi connectivity index (χ4n) is 3.03. The lowest BCUT2D eigenvalue weighted by molar-refractivity contribution is -0.138. The Labute approximate surface area is 153 Å². The van der Waals surface area contributed by atoms with E-state index in [1.807, 2.05) is 42.5 Å². The molecule has 1 fully saturated rings. The van der Waals surface area contributed by atoms with E-state index in [-0.39, 0.29) is 30.6 Å². The third-order valence-electron chi connectivity index (χ3n) is 4.56. The van der Waals surface area contributed by atoms with Crippen molar-refractivity contribution >= 4 is 22.6 Å². The van der Waals surface area contributed by atoms with Gasteiger partial charge in [-0.25, -0.2) is 0 Å². The second-order valence-electron chi connectivity index (χ2n) is 6.61. The molecule has 0 unspecified atom stereocenters. The molecule has 138 valence electrons. The maximum atomic E-state index is 12.8. The van der Waals surface area contributed by atoms with E-state index < -0.39 is 0 Å². The van der Waals surface area contributed by atoms with Crippen LogP contribution >= 0.6 is 0 Å². The Kier molecular flexibility index (Phi) is 5.85. The zero-order valence-electron chi connectivity index (χ0n) is 15.1. The third-order valence-corrected chi connectivity index (χ3v) is 4.56. The standard InChI is InChI=1S/C20H24N2O4/c1-22(2)19(23)13-26-18-10-11-25-12-17(18)21-20(24)16-9-5-7-14-6-3-4-8-15(14)16/h3-9,17-18H,10-13H2,1-2H3,(H,21,24)/t17-,18+/m0/s1. The van der Waals surface area contributed by atoms with Gasteiger partial charge in [-0.3, -0.25) is 9.59 Å². The van der Waals surface area contributed by atoms with Crippen molar-refractivity contribution < 1.29 is 19.1 Å². The van der Waals surface area contributed by atoms with E-state index in [0.717, 1.165) is 10.8 Å². The van der Waals surface area contributed by atoms with Gasteiger partial charge in [0.05, 0.1) is 18.8 Å². The van der Waals surface area contributed by atoms with Gasteiger partial charge in [-0.1, -0.05) is 36.4 Å². The number of benzene rings is 2. The molecule has 6 heteroatoms. The summed E-state index contributed by atoms with van der Waals surface area (Å²) in [7, 11) is 3.38. The molecular formula is C20H24N2O4. The second kappa shape index (κ2) is 8.29. The van der Waals surface area contributed by atoms with Crippen molar-refractivity contribution in [2.45, 2.75) is 18.6 Å². The molecule has 3 rings (SSSR count). The fourth-order valence-corrected chi connectivity index (χ4v) is 3.03. The van der Waals surface area contributed by atoms with Crippen LogP contribution in [0.15, 0.2) is 42.5 Å². The number of nitrogens with one attached hydrogen (secondary N) is 1. The van der Waals surface area contributed by atoms with Crippen LogP contribution in [0.4, 0.5) is 0 Å². The molecule has 1 aliphatic rings. The van der Waals surface area contributed by atoms with Crippen LogP contribution < -0.4 is 5.32 Å². The van der Waals surface area contributed by atoms with Gasteiger partial charge in [-0.2, -0.15) is 0 Å². The Morgan fingerprint density at radius 2 is 1.96 bits per heavy atom. The van der Waals surface area contributed by atoms with Crippen LogP contribution in [0.3, 0.4) is 0 Å². The van der Waals surface area contributed by atoms with Crippen LogP contribution in [-0.2, 0) is 14.3 Å². The first-order valence-corrected chi connectivity index (χ1v) is 8.74.